The highest BCUT2D eigenvalue weighted by Gasteiger charge is 2.23. The molecule has 0 heterocycles. The molecule has 1 amide bonds. The number of ether oxygens (including phenoxy) is 1. The number of carbonyl (C=O) groups is 2. The minimum absolute atomic E-state index is 0.0364. The van der Waals surface area contributed by atoms with Crippen LogP contribution < -0.4 is 10.0 Å². The molecule has 0 aliphatic rings. The first kappa shape index (κ1) is 24.7. The maximum Gasteiger partial charge on any atom is 0.305 e. The Labute approximate surface area is 172 Å². The van der Waals surface area contributed by atoms with E-state index in [1.54, 1.807) is 6.92 Å². The highest BCUT2D eigenvalue weighted by Crippen LogP contribution is 2.09. The fourth-order valence-electron chi connectivity index (χ4n) is 2.69. The van der Waals surface area contributed by atoms with E-state index in [1.807, 2.05) is 24.3 Å². The third kappa shape index (κ3) is 11.3. The molecule has 1 rings (SSSR count). The van der Waals surface area contributed by atoms with Gasteiger partial charge in [-0.3, -0.25) is 9.59 Å². The largest absolute Gasteiger partial charge is 0.466 e. The number of nitrogens with one attached hydrogen (secondary N) is 3. The zero-order valence-electron chi connectivity index (χ0n) is 16.9. The second kappa shape index (κ2) is 13.0. The van der Waals surface area contributed by atoms with Crippen LogP contribution in [0.5, 0.6) is 0 Å². The Balaban J connectivity index is 2.40. The van der Waals surface area contributed by atoms with Gasteiger partial charge < -0.3 is 10.1 Å². The monoisotopic (exact) mass is 426 g/mol. The van der Waals surface area contributed by atoms with Crippen LogP contribution >= 0.6 is 0 Å². The van der Waals surface area contributed by atoms with Crippen molar-refractivity contribution in [1.82, 2.24) is 10.0 Å². The van der Waals surface area contributed by atoms with Crippen LogP contribution in [0.4, 0.5) is 0 Å². The van der Waals surface area contributed by atoms with Gasteiger partial charge in [0.05, 0.1) is 19.4 Å². The molecule has 10 heteroatoms. The molecule has 9 nitrogen and oxygen atoms in total. The van der Waals surface area contributed by atoms with E-state index in [2.05, 4.69) is 15.2 Å². The summed E-state index contributed by atoms with van der Waals surface area (Å²) in [6, 6.07) is 6.88. The zero-order valence-corrected chi connectivity index (χ0v) is 17.8. The topological polar surface area (TPSA) is 138 Å². The van der Waals surface area contributed by atoms with Crippen molar-refractivity contribution in [3.05, 3.63) is 35.4 Å². The molecular formula is C19H30N4O5S. The molecular weight excluding hydrogens is 396 g/mol. The Kier molecular flexibility index (Phi) is 11.1. The number of amides is 1. The van der Waals surface area contributed by atoms with Gasteiger partial charge in [0.1, 0.15) is 6.04 Å². The fraction of sp³-hybridized carbons (Fsp3) is 0.579. The van der Waals surface area contributed by atoms with Gasteiger partial charge in [-0.2, -0.15) is 5.11 Å². The summed E-state index contributed by atoms with van der Waals surface area (Å²) < 4.78 is 30.1. The van der Waals surface area contributed by atoms with Gasteiger partial charge in [-0.1, -0.05) is 24.3 Å². The first-order chi connectivity index (χ1) is 13.7. The lowest BCUT2D eigenvalue weighted by Crippen LogP contribution is -2.46. The van der Waals surface area contributed by atoms with Crippen LogP contribution in [0.3, 0.4) is 0 Å². The first-order valence-electron chi connectivity index (χ1n) is 9.56. The summed E-state index contributed by atoms with van der Waals surface area (Å²) in [5, 5.41) is 6.07. The van der Waals surface area contributed by atoms with E-state index in [9.17, 15) is 18.0 Å². The molecule has 162 valence electrons. The van der Waals surface area contributed by atoms with Crippen molar-refractivity contribution in [2.24, 2.45) is 5.11 Å². The van der Waals surface area contributed by atoms with Crippen molar-refractivity contribution in [3.63, 3.8) is 0 Å². The molecule has 1 aromatic rings. The molecule has 0 aliphatic heterocycles. The van der Waals surface area contributed by atoms with Gasteiger partial charge >= 0.3 is 5.97 Å². The number of hydrogen-bond acceptors (Lipinski definition) is 7. The number of carbonyl (C=O) groups excluding carboxylic acids is 2. The maximum absolute atomic E-state index is 12.3. The Morgan fingerprint density at radius 1 is 1.17 bits per heavy atom. The SMILES string of the molecule is CCOC(=O)CC[C@@H](NS(C)(=O)=O)C(=O)NCCCCc1ccc(CN=N)cc1. The summed E-state index contributed by atoms with van der Waals surface area (Å²) in [5.74, 6) is -0.925. The Bertz CT molecular complexity index is 765. The van der Waals surface area contributed by atoms with Crippen molar-refractivity contribution in [1.29, 1.82) is 5.53 Å². The van der Waals surface area contributed by atoms with Crippen molar-refractivity contribution >= 4 is 21.9 Å². The lowest BCUT2D eigenvalue weighted by atomic mass is 10.1. The standard InChI is InChI=1S/C19H30N4O5S/c1-3-28-18(24)12-11-17(23-29(2,26)27)19(25)21-13-5-4-6-15-7-9-16(10-8-15)14-22-20/h7-10,17,20,23H,3-6,11-14H2,1-2H3,(H,21,25)/t17-/m1/s1. The molecule has 0 fully saturated rings. The second-order valence-corrected chi connectivity index (χ2v) is 8.45. The molecule has 0 aromatic heterocycles. The quantitative estimate of drug-likeness (QED) is 0.237. The minimum atomic E-state index is -3.59. The number of rotatable bonds is 14. The molecule has 29 heavy (non-hydrogen) atoms. The molecule has 1 atom stereocenters. The summed E-state index contributed by atoms with van der Waals surface area (Å²) in [5.41, 5.74) is 9.01. The van der Waals surface area contributed by atoms with Crippen molar-refractivity contribution in [2.75, 3.05) is 19.4 Å². The van der Waals surface area contributed by atoms with Crippen LogP contribution in [0.15, 0.2) is 29.4 Å². The van der Waals surface area contributed by atoms with E-state index in [1.165, 1.54) is 0 Å². The van der Waals surface area contributed by atoms with Gasteiger partial charge in [0, 0.05) is 13.0 Å². The number of nitrogens with zero attached hydrogens (tertiary/aromatic N) is 1. The number of benzene rings is 1. The van der Waals surface area contributed by atoms with Gasteiger partial charge in [0.2, 0.25) is 15.9 Å². The van der Waals surface area contributed by atoms with Crippen molar-refractivity contribution in [2.45, 2.75) is 51.6 Å². The van der Waals surface area contributed by atoms with E-state index in [4.69, 9.17) is 10.3 Å². The van der Waals surface area contributed by atoms with Crippen molar-refractivity contribution < 1.29 is 22.7 Å². The lowest BCUT2D eigenvalue weighted by Gasteiger charge is -2.17. The van der Waals surface area contributed by atoms with E-state index in [0.29, 0.717) is 13.1 Å². The van der Waals surface area contributed by atoms with Crippen LogP contribution in [-0.4, -0.2) is 45.7 Å². The van der Waals surface area contributed by atoms with Gasteiger partial charge in [-0.05, 0) is 43.7 Å². The minimum Gasteiger partial charge on any atom is -0.466 e. The van der Waals surface area contributed by atoms with Crippen LogP contribution in [0.25, 0.3) is 0 Å². The lowest BCUT2D eigenvalue weighted by molar-refractivity contribution is -0.143. The summed E-state index contributed by atoms with van der Waals surface area (Å²) in [7, 11) is -3.59. The number of hydrogen-bond donors (Lipinski definition) is 3. The molecule has 0 spiro atoms. The van der Waals surface area contributed by atoms with E-state index < -0.39 is 27.9 Å². The molecule has 0 bridgehead atoms. The van der Waals surface area contributed by atoms with Gasteiger partial charge in [0.25, 0.3) is 0 Å². The molecule has 3 N–H and O–H groups in total. The third-order valence-corrected chi connectivity index (χ3v) is 4.80. The Morgan fingerprint density at radius 3 is 2.41 bits per heavy atom. The van der Waals surface area contributed by atoms with E-state index in [-0.39, 0.29) is 19.4 Å². The van der Waals surface area contributed by atoms with E-state index in [0.717, 1.165) is 36.6 Å². The number of sulfonamides is 1. The molecule has 0 radical (unpaired) electrons. The number of esters is 1. The summed E-state index contributed by atoms with van der Waals surface area (Å²) in [6.07, 6.45) is 3.41. The summed E-state index contributed by atoms with van der Waals surface area (Å²) in [4.78, 5) is 23.8. The summed E-state index contributed by atoms with van der Waals surface area (Å²) in [6.45, 7) is 2.71. The smallest absolute Gasteiger partial charge is 0.305 e. The van der Waals surface area contributed by atoms with Gasteiger partial charge in [-0.25, -0.2) is 18.7 Å². The fourth-order valence-corrected chi connectivity index (χ4v) is 3.43. The maximum atomic E-state index is 12.3. The van der Waals surface area contributed by atoms with Crippen molar-refractivity contribution in [3.8, 4) is 0 Å². The van der Waals surface area contributed by atoms with Crippen LogP contribution in [0, 0.1) is 5.53 Å². The third-order valence-electron chi connectivity index (χ3n) is 4.09. The average Bonchev–Trinajstić information content (AvgIpc) is 2.65. The van der Waals surface area contributed by atoms with Crippen LogP contribution in [0.2, 0.25) is 0 Å². The summed E-state index contributed by atoms with van der Waals surface area (Å²) >= 11 is 0. The highest BCUT2D eigenvalue weighted by molar-refractivity contribution is 7.88. The molecule has 0 saturated heterocycles. The van der Waals surface area contributed by atoms with Gasteiger partial charge in [-0.15, -0.1) is 0 Å². The Hall–Kier alpha value is -2.33. The molecule has 0 unspecified atom stereocenters. The van der Waals surface area contributed by atoms with Gasteiger partial charge in [0.15, 0.2) is 0 Å². The van der Waals surface area contributed by atoms with E-state index >= 15 is 0 Å². The number of unbranched alkanes of at least 4 members (excludes halogenated alkanes) is 1. The molecule has 1 aromatic carbocycles. The number of aryl methyl sites for hydroxylation is 1. The van der Waals surface area contributed by atoms with Crippen LogP contribution in [0.1, 0.15) is 43.7 Å². The zero-order chi connectivity index (χ0) is 21.7. The predicted octanol–water partition coefficient (Wildman–Crippen LogP) is 1.92. The molecule has 0 aliphatic carbocycles. The Morgan fingerprint density at radius 2 is 1.83 bits per heavy atom. The predicted molar refractivity (Wildman–Crippen MR) is 109 cm³/mol. The average molecular weight is 427 g/mol. The van der Waals surface area contributed by atoms with Crippen LogP contribution in [-0.2, 0) is 37.3 Å². The first-order valence-corrected chi connectivity index (χ1v) is 11.5. The highest BCUT2D eigenvalue weighted by atomic mass is 32.2. The molecule has 0 saturated carbocycles. The second-order valence-electron chi connectivity index (χ2n) is 6.67. The normalized spacial score (nSPS) is 12.2.